The molecule has 0 atom stereocenters. The predicted octanol–water partition coefficient (Wildman–Crippen LogP) is 15.3. The largest absolute Gasteiger partial charge is 0.208 e. The van der Waals surface area contributed by atoms with E-state index < -0.39 is 5.41 Å². The number of hydrogen-bond acceptors (Lipinski definition) is 4. The fraction of sp³-hybridized carbons (Fsp3) is 0.177. The molecule has 0 saturated heterocycles. The Labute approximate surface area is 388 Å². The number of aromatic nitrogens is 3. The van der Waals surface area contributed by atoms with Crippen molar-refractivity contribution in [1.29, 1.82) is 0 Å². The van der Waals surface area contributed by atoms with Gasteiger partial charge in [-0.3, -0.25) is 0 Å². The summed E-state index contributed by atoms with van der Waals surface area (Å²) in [6.07, 6.45) is 6.77. The highest BCUT2D eigenvalue weighted by atomic mass is 32.1. The minimum atomic E-state index is -0.395. The molecule has 0 unspecified atom stereocenters. The Morgan fingerprint density at radius 2 is 0.864 bits per heavy atom. The third-order valence-corrected chi connectivity index (χ3v) is 17.9. The molecule has 8 aromatic carbocycles. The maximum Gasteiger partial charge on any atom is 0.164 e. The highest BCUT2D eigenvalue weighted by Crippen LogP contribution is 2.71. The van der Waals surface area contributed by atoms with Crippen LogP contribution in [0.1, 0.15) is 65.5 Å². The summed E-state index contributed by atoms with van der Waals surface area (Å²) >= 11 is 1.82. The number of hydrogen-bond donors (Lipinski definition) is 0. The van der Waals surface area contributed by atoms with Crippen molar-refractivity contribution in [2.75, 3.05) is 0 Å². The Morgan fingerprint density at radius 1 is 0.348 bits per heavy atom. The molecule has 0 aliphatic heterocycles. The molecule has 0 N–H and O–H groups in total. The van der Waals surface area contributed by atoms with Crippen LogP contribution in [-0.2, 0) is 10.8 Å². The van der Waals surface area contributed by atoms with Crippen LogP contribution in [0, 0.1) is 23.7 Å². The lowest BCUT2D eigenvalue weighted by Crippen LogP contribution is -2.59. The zero-order valence-electron chi connectivity index (χ0n) is 36.5. The van der Waals surface area contributed by atoms with E-state index in [2.05, 4.69) is 182 Å². The first kappa shape index (κ1) is 37.2. The van der Waals surface area contributed by atoms with Crippen molar-refractivity contribution >= 4 is 31.5 Å². The van der Waals surface area contributed by atoms with Gasteiger partial charge in [-0.05, 0) is 136 Å². The van der Waals surface area contributed by atoms with Gasteiger partial charge in [0.25, 0.3) is 0 Å². The number of benzene rings is 8. The predicted molar refractivity (Wildman–Crippen MR) is 270 cm³/mol. The molecule has 2 aromatic heterocycles. The summed E-state index contributed by atoms with van der Waals surface area (Å²) < 4.78 is 2.52. The van der Waals surface area contributed by atoms with E-state index in [9.17, 15) is 0 Å². The molecule has 4 heteroatoms. The molecule has 16 rings (SSSR count). The highest BCUT2D eigenvalue weighted by molar-refractivity contribution is 7.25. The molecule has 10 aromatic rings. The Morgan fingerprint density at radius 3 is 1.59 bits per heavy atom. The normalized spacial score (nSPS) is 22.4. The highest BCUT2D eigenvalue weighted by Gasteiger charge is 2.64. The summed E-state index contributed by atoms with van der Waals surface area (Å²) in [6, 6.07) is 70.5. The van der Waals surface area contributed by atoms with Gasteiger partial charge in [-0.1, -0.05) is 164 Å². The average Bonchev–Trinajstić information content (AvgIpc) is 3.90. The third-order valence-electron chi connectivity index (χ3n) is 16.8. The topological polar surface area (TPSA) is 38.7 Å². The molecule has 4 saturated carbocycles. The smallest absolute Gasteiger partial charge is 0.164 e. The van der Waals surface area contributed by atoms with Crippen molar-refractivity contribution in [1.82, 2.24) is 15.0 Å². The molecule has 4 bridgehead atoms. The van der Waals surface area contributed by atoms with E-state index in [1.165, 1.54) is 96.8 Å². The first-order chi connectivity index (χ1) is 32.6. The molecular formula is C62H45N3S. The van der Waals surface area contributed by atoms with Crippen molar-refractivity contribution < 1.29 is 0 Å². The van der Waals surface area contributed by atoms with Gasteiger partial charge in [0.1, 0.15) is 0 Å². The summed E-state index contributed by atoms with van der Waals surface area (Å²) in [7, 11) is 0. The Balaban J connectivity index is 0.930. The van der Waals surface area contributed by atoms with E-state index in [4.69, 9.17) is 15.0 Å². The maximum atomic E-state index is 5.28. The lowest BCUT2D eigenvalue weighted by Gasteiger charge is -2.65. The SMILES string of the molecule is c1ccc(-c2nc(-c3cccc(-c4ccc5c(c4)C4(c6ccccc6C56c5ccccc5-c5ccccc56)C5CC6CC(C5)CC4C6)c3)nc(-c3ccc4c(c3)sc3ccccc34)n2)cc1. The van der Waals surface area contributed by atoms with E-state index in [0.29, 0.717) is 29.3 Å². The standard InChI is InChI=1S/C62H45N3S/c1-2-13-39(14-3-1)58-63-59(65-60(64-58)43-25-27-49-48-19-6-11-24-56(48)66-57(49)36-43)42-16-12-15-40(34-42)41-26-28-54-55(35-41)61(44-30-37-29-38(32-44)33-45(61)31-37)52-22-9-10-23-53(52)62(54)50-20-7-4-17-46(50)47-18-5-8-21-51(47)62/h1-28,34-38,44-45H,29-33H2. The van der Waals surface area contributed by atoms with Crippen LogP contribution in [0.4, 0.5) is 0 Å². The zero-order chi connectivity index (χ0) is 43.1. The first-order valence-electron chi connectivity index (χ1n) is 23.9. The molecule has 2 spiro atoms. The summed E-state index contributed by atoms with van der Waals surface area (Å²) in [4.78, 5) is 15.6. The van der Waals surface area contributed by atoms with Crippen LogP contribution >= 0.6 is 11.3 Å². The molecule has 6 aliphatic rings. The maximum absolute atomic E-state index is 5.28. The number of nitrogens with zero attached hydrogens (tertiary/aromatic N) is 3. The van der Waals surface area contributed by atoms with E-state index in [1.807, 2.05) is 17.4 Å². The van der Waals surface area contributed by atoms with Crippen molar-refractivity contribution in [3.63, 3.8) is 0 Å². The van der Waals surface area contributed by atoms with Crippen molar-refractivity contribution in [2.24, 2.45) is 23.7 Å². The number of rotatable bonds is 4. The second kappa shape index (κ2) is 13.8. The van der Waals surface area contributed by atoms with Crippen molar-refractivity contribution in [2.45, 2.75) is 42.9 Å². The summed E-state index contributed by atoms with van der Waals surface area (Å²) in [5.41, 5.74) is 16.7. The molecule has 0 radical (unpaired) electrons. The first-order valence-corrected chi connectivity index (χ1v) is 24.7. The lowest BCUT2D eigenvalue weighted by molar-refractivity contribution is -0.0440. The van der Waals surface area contributed by atoms with E-state index in [0.717, 1.165) is 28.5 Å². The van der Waals surface area contributed by atoms with E-state index in [-0.39, 0.29) is 5.41 Å². The van der Waals surface area contributed by atoms with Gasteiger partial charge in [0.15, 0.2) is 17.5 Å². The van der Waals surface area contributed by atoms with Gasteiger partial charge in [-0.2, -0.15) is 0 Å². The van der Waals surface area contributed by atoms with Gasteiger partial charge in [0.05, 0.1) is 5.41 Å². The van der Waals surface area contributed by atoms with Gasteiger partial charge in [-0.25, -0.2) is 15.0 Å². The second-order valence-corrected chi connectivity index (χ2v) is 21.0. The molecular weight excluding hydrogens is 819 g/mol. The summed E-state index contributed by atoms with van der Waals surface area (Å²) in [5, 5.41) is 2.55. The quantitative estimate of drug-likeness (QED) is 0.177. The van der Waals surface area contributed by atoms with Crippen LogP contribution in [0.25, 0.3) is 76.6 Å². The molecule has 4 fully saturated rings. The molecule has 6 aliphatic carbocycles. The van der Waals surface area contributed by atoms with Crippen LogP contribution in [0.3, 0.4) is 0 Å². The second-order valence-electron chi connectivity index (χ2n) is 19.9. The molecule has 314 valence electrons. The Kier molecular flexibility index (Phi) is 7.76. The van der Waals surface area contributed by atoms with E-state index >= 15 is 0 Å². The zero-order valence-corrected chi connectivity index (χ0v) is 37.3. The summed E-state index contributed by atoms with van der Waals surface area (Å²) in [6.45, 7) is 0. The van der Waals surface area contributed by atoms with E-state index in [1.54, 1.807) is 11.1 Å². The Bertz CT molecular complexity index is 3570. The van der Waals surface area contributed by atoms with Gasteiger partial charge in [-0.15, -0.1) is 11.3 Å². The monoisotopic (exact) mass is 863 g/mol. The molecule has 3 nitrogen and oxygen atoms in total. The van der Waals surface area contributed by atoms with Gasteiger partial charge in [0, 0.05) is 42.3 Å². The van der Waals surface area contributed by atoms with Crippen LogP contribution < -0.4 is 0 Å². The summed E-state index contributed by atoms with van der Waals surface area (Å²) in [5.74, 6) is 5.02. The number of fused-ring (bicyclic) bond motifs is 12. The minimum absolute atomic E-state index is 0.0338. The van der Waals surface area contributed by atoms with Gasteiger partial charge >= 0.3 is 0 Å². The van der Waals surface area contributed by atoms with Crippen LogP contribution in [0.15, 0.2) is 188 Å². The fourth-order valence-electron chi connectivity index (χ4n) is 14.5. The van der Waals surface area contributed by atoms with Crippen molar-refractivity contribution in [3.8, 4) is 56.4 Å². The molecule has 0 amide bonds. The van der Waals surface area contributed by atoms with Crippen LogP contribution in [-0.4, -0.2) is 15.0 Å². The Hall–Kier alpha value is -7.01. The van der Waals surface area contributed by atoms with Crippen molar-refractivity contribution in [3.05, 3.63) is 221 Å². The minimum Gasteiger partial charge on any atom is -0.208 e. The van der Waals surface area contributed by atoms with Gasteiger partial charge < -0.3 is 0 Å². The lowest BCUT2D eigenvalue weighted by atomic mass is 9.38. The van der Waals surface area contributed by atoms with Crippen LogP contribution in [0.5, 0.6) is 0 Å². The van der Waals surface area contributed by atoms with Gasteiger partial charge in [0.2, 0.25) is 0 Å². The molecule has 2 heterocycles. The van der Waals surface area contributed by atoms with Crippen LogP contribution in [0.2, 0.25) is 0 Å². The number of thiophene rings is 1. The third kappa shape index (κ3) is 5.00. The fourth-order valence-corrected chi connectivity index (χ4v) is 15.7. The molecule has 66 heavy (non-hydrogen) atoms. The average molecular weight is 864 g/mol.